The number of hydrogen-bond acceptors (Lipinski definition) is 2. The second-order valence-electron chi connectivity index (χ2n) is 6.56. The van der Waals surface area contributed by atoms with Gasteiger partial charge in [-0.05, 0) is 60.6 Å². The van der Waals surface area contributed by atoms with Gasteiger partial charge in [0.25, 0.3) is 0 Å². The zero-order valence-corrected chi connectivity index (χ0v) is 16.5. The van der Waals surface area contributed by atoms with Crippen LogP contribution in [0.4, 0.5) is 5.69 Å². The van der Waals surface area contributed by atoms with Crippen molar-refractivity contribution in [1.82, 2.24) is 0 Å². The van der Waals surface area contributed by atoms with E-state index in [1.165, 1.54) is 36.0 Å². The molecule has 1 atom stereocenters. The summed E-state index contributed by atoms with van der Waals surface area (Å²) < 4.78 is 5.70. The first-order chi connectivity index (χ1) is 11.8. The molecule has 4 nitrogen and oxygen atoms in total. The van der Waals surface area contributed by atoms with E-state index in [-0.39, 0.29) is 24.0 Å². The Hall–Kier alpha value is -1.76. The van der Waals surface area contributed by atoms with Crippen LogP contribution in [0.5, 0.6) is 5.75 Å². The van der Waals surface area contributed by atoms with Crippen LogP contribution in [-0.2, 0) is 12.8 Å². The standard InChI is InChI=1S/C20H23N3O.HI/c21-20(23-17-9-8-14-4-3-5-15(14)12-17)22-13-16-10-11-24-19-7-2-1-6-18(16)19;/h1-2,6-9,12,16H,3-5,10-11,13H2,(H3,21,22,23);1H. The number of benzene rings is 2. The number of anilines is 1. The van der Waals surface area contributed by atoms with Gasteiger partial charge in [-0.2, -0.15) is 0 Å². The van der Waals surface area contributed by atoms with Crippen molar-refractivity contribution in [3.63, 3.8) is 0 Å². The van der Waals surface area contributed by atoms with Crippen LogP contribution in [0.2, 0.25) is 0 Å². The number of guanidine groups is 1. The van der Waals surface area contributed by atoms with Crippen molar-refractivity contribution < 1.29 is 4.74 Å². The summed E-state index contributed by atoms with van der Waals surface area (Å²) in [6.45, 7) is 1.43. The number of nitrogens with one attached hydrogen (secondary N) is 1. The first-order valence-corrected chi connectivity index (χ1v) is 8.70. The van der Waals surface area contributed by atoms with Gasteiger partial charge in [0.1, 0.15) is 5.75 Å². The predicted octanol–water partition coefficient (Wildman–Crippen LogP) is 4.09. The smallest absolute Gasteiger partial charge is 0.193 e. The van der Waals surface area contributed by atoms with Crippen LogP contribution >= 0.6 is 24.0 Å². The Balaban J connectivity index is 0.00000182. The van der Waals surface area contributed by atoms with E-state index in [1.54, 1.807) is 0 Å². The minimum absolute atomic E-state index is 0. The van der Waals surface area contributed by atoms with E-state index in [0.29, 0.717) is 18.4 Å². The molecule has 2 aliphatic rings. The molecular formula is C20H24IN3O. The molecule has 4 rings (SSSR count). The van der Waals surface area contributed by atoms with Gasteiger partial charge in [-0.15, -0.1) is 24.0 Å². The number of nitrogens with two attached hydrogens (primary N) is 1. The SMILES string of the molecule is I.NC(=NCC1CCOc2ccccc21)Nc1ccc2c(c1)CCC2. The van der Waals surface area contributed by atoms with Gasteiger partial charge in [0.2, 0.25) is 0 Å². The molecule has 0 saturated carbocycles. The van der Waals surface area contributed by atoms with Crippen molar-refractivity contribution in [2.24, 2.45) is 10.7 Å². The number of rotatable bonds is 3. The highest BCUT2D eigenvalue weighted by atomic mass is 127. The Morgan fingerprint density at radius 3 is 2.92 bits per heavy atom. The van der Waals surface area contributed by atoms with Gasteiger partial charge < -0.3 is 15.8 Å². The van der Waals surface area contributed by atoms with E-state index in [2.05, 4.69) is 40.6 Å². The molecule has 0 radical (unpaired) electrons. The largest absolute Gasteiger partial charge is 0.493 e. The molecule has 0 amide bonds. The van der Waals surface area contributed by atoms with E-state index in [9.17, 15) is 0 Å². The van der Waals surface area contributed by atoms with E-state index in [0.717, 1.165) is 24.5 Å². The Kier molecular flexibility index (Phi) is 5.83. The highest BCUT2D eigenvalue weighted by molar-refractivity contribution is 14.0. The fourth-order valence-electron chi connectivity index (χ4n) is 3.65. The van der Waals surface area contributed by atoms with Crippen molar-refractivity contribution in [3.8, 4) is 5.75 Å². The summed E-state index contributed by atoms with van der Waals surface area (Å²) in [5.41, 5.74) is 11.3. The molecule has 1 aliphatic carbocycles. The summed E-state index contributed by atoms with van der Waals surface area (Å²) >= 11 is 0. The molecule has 2 aromatic rings. The molecular weight excluding hydrogens is 425 g/mol. The van der Waals surface area contributed by atoms with Crippen LogP contribution in [0.1, 0.15) is 35.4 Å². The number of ether oxygens (including phenoxy) is 1. The summed E-state index contributed by atoms with van der Waals surface area (Å²) in [5, 5.41) is 3.23. The normalized spacial score (nSPS) is 18.6. The zero-order valence-electron chi connectivity index (χ0n) is 14.2. The lowest BCUT2D eigenvalue weighted by atomic mass is 9.93. The highest BCUT2D eigenvalue weighted by Gasteiger charge is 2.20. The second-order valence-corrected chi connectivity index (χ2v) is 6.56. The minimum Gasteiger partial charge on any atom is -0.493 e. The van der Waals surface area contributed by atoms with E-state index >= 15 is 0 Å². The summed E-state index contributed by atoms with van der Waals surface area (Å²) in [6, 6.07) is 14.7. The molecule has 2 aromatic carbocycles. The van der Waals surface area contributed by atoms with Gasteiger partial charge in [0, 0.05) is 18.2 Å². The first-order valence-electron chi connectivity index (χ1n) is 8.70. The summed E-state index contributed by atoms with van der Waals surface area (Å²) in [5.74, 6) is 1.83. The summed E-state index contributed by atoms with van der Waals surface area (Å²) in [4.78, 5) is 4.56. The van der Waals surface area contributed by atoms with Crippen molar-refractivity contribution in [2.45, 2.75) is 31.6 Å². The van der Waals surface area contributed by atoms with Gasteiger partial charge >= 0.3 is 0 Å². The molecule has 25 heavy (non-hydrogen) atoms. The average Bonchev–Trinajstić information content (AvgIpc) is 3.07. The molecule has 1 heterocycles. The fourth-order valence-corrected chi connectivity index (χ4v) is 3.65. The second kappa shape index (κ2) is 8.08. The van der Waals surface area contributed by atoms with Gasteiger partial charge in [-0.25, -0.2) is 0 Å². The maximum Gasteiger partial charge on any atom is 0.193 e. The van der Waals surface area contributed by atoms with Crippen molar-refractivity contribution in [1.29, 1.82) is 0 Å². The average molecular weight is 449 g/mol. The molecule has 132 valence electrons. The number of hydrogen-bond donors (Lipinski definition) is 2. The number of halogens is 1. The Labute approximate surface area is 165 Å². The maximum absolute atomic E-state index is 6.10. The molecule has 0 bridgehead atoms. The lowest BCUT2D eigenvalue weighted by Gasteiger charge is -2.24. The monoisotopic (exact) mass is 449 g/mol. The minimum atomic E-state index is 0. The molecule has 0 spiro atoms. The van der Waals surface area contributed by atoms with E-state index < -0.39 is 0 Å². The van der Waals surface area contributed by atoms with E-state index in [4.69, 9.17) is 10.5 Å². The highest BCUT2D eigenvalue weighted by Crippen LogP contribution is 2.33. The van der Waals surface area contributed by atoms with Crippen LogP contribution in [0.25, 0.3) is 0 Å². The quantitative estimate of drug-likeness (QED) is 0.422. The van der Waals surface area contributed by atoms with Crippen molar-refractivity contribution >= 4 is 35.6 Å². The van der Waals surface area contributed by atoms with Gasteiger partial charge in [0.15, 0.2) is 5.96 Å². The molecule has 5 heteroatoms. The lowest BCUT2D eigenvalue weighted by molar-refractivity contribution is 0.269. The molecule has 1 aliphatic heterocycles. The van der Waals surface area contributed by atoms with Crippen LogP contribution in [-0.4, -0.2) is 19.1 Å². The Morgan fingerprint density at radius 1 is 1.16 bits per heavy atom. The Bertz CT molecular complexity index is 775. The van der Waals surface area contributed by atoms with Crippen molar-refractivity contribution in [2.75, 3.05) is 18.5 Å². The first kappa shape index (κ1) is 18.0. The number of fused-ring (bicyclic) bond motifs is 2. The van der Waals surface area contributed by atoms with Crippen LogP contribution in [0, 0.1) is 0 Å². The number of para-hydroxylation sites is 1. The fraction of sp³-hybridized carbons (Fsp3) is 0.350. The van der Waals surface area contributed by atoms with Crippen LogP contribution < -0.4 is 15.8 Å². The topological polar surface area (TPSA) is 59.6 Å². The molecule has 1 unspecified atom stereocenters. The molecule has 0 fully saturated rings. The van der Waals surface area contributed by atoms with Crippen LogP contribution in [0.15, 0.2) is 47.5 Å². The maximum atomic E-state index is 6.10. The summed E-state index contributed by atoms with van der Waals surface area (Å²) in [7, 11) is 0. The van der Waals surface area contributed by atoms with Crippen LogP contribution in [0.3, 0.4) is 0 Å². The van der Waals surface area contributed by atoms with E-state index in [1.807, 2.05) is 12.1 Å². The van der Waals surface area contributed by atoms with Gasteiger partial charge in [0.05, 0.1) is 6.61 Å². The van der Waals surface area contributed by atoms with Gasteiger partial charge in [-0.3, -0.25) is 4.99 Å². The molecule has 0 aromatic heterocycles. The third-order valence-electron chi connectivity index (χ3n) is 4.94. The Morgan fingerprint density at radius 2 is 2.00 bits per heavy atom. The third-order valence-corrected chi connectivity index (χ3v) is 4.94. The molecule has 0 saturated heterocycles. The predicted molar refractivity (Wildman–Crippen MR) is 113 cm³/mol. The van der Waals surface area contributed by atoms with Crippen molar-refractivity contribution in [3.05, 3.63) is 59.2 Å². The molecule has 3 N–H and O–H groups in total. The number of aliphatic imine (C=N–C) groups is 1. The zero-order chi connectivity index (χ0) is 16.4. The third kappa shape index (κ3) is 4.08. The lowest BCUT2D eigenvalue weighted by Crippen LogP contribution is -2.24. The van der Waals surface area contributed by atoms with Gasteiger partial charge in [-0.1, -0.05) is 24.3 Å². The number of aryl methyl sites for hydroxylation is 2. The summed E-state index contributed by atoms with van der Waals surface area (Å²) in [6.07, 6.45) is 4.60. The number of nitrogens with zero attached hydrogens (tertiary/aromatic N) is 1.